The summed E-state index contributed by atoms with van der Waals surface area (Å²) in [5, 5.41) is 3.39. The first-order chi connectivity index (χ1) is 6.88. The summed E-state index contributed by atoms with van der Waals surface area (Å²) < 4.78 is 11.0. The number of hydrogen-bond donors (Lipinski definition) is 1. The highest BCUT2D eigenvalue weighted by molar-refractivity contribution is 4.88. The summed E-state index contributed by atoms with van der Waals surface area (Å²) >= 11 is 0. The molecule has 1 N–H and O–H groups in total. The highest BCUT2D eigenvalue weighted by atomic mass is 16.6. The lowest BCUT2D eigenvalue weighted by molar-refractivity contribution is -0.102. The number of likely N-dealkylation sites (N-methyl/N-ethyl adjacent to an activating group) is 1. The second-order valence-electron chi connectivity index (χ2n) is 3.39. The van der Waals surface area contributed by atoms with Gasteiger partial charge in [-0.05, 0) is 13.0 Å². The Labute approximate surface area is 86.2 Å². The van der Waals surface area contributed by atoms with Gasteiger partial charge in [-0.25, -0.2) is 0 Å². The summed E-state index contributed by atoms with van der Waals surface area (Å²) in [6.45, 7) is 5.12. The molecule has 0 aromatic rings. The molecule has 0 spiro atoms. The molecule has 80 valence electrons. The Morgan fingerprint density at radius 1 is 1.57 bits per heavy atom. The zero-order chi connectivity index (χ0) is 10.2. The maximum absolute atomic E-state index is 5.63. The van der Waals surface area contributed by atoms with Gasteiger partial charge < -0.3 is 14.8 Å². The highest BCUT2D eigenvalue weighted by Crippen LogP contribution is 2.10. The third kappa shape index (κ3) is 3.67. The van der Waals surface area contributed by atoms with Crippen molar-refractivity contribution in [3.8, 4) is 12.3 Å². The van der Waals surface area contributed by atoms with Gasteiger partial charge in [0, 0.05) is 12.5 Å². The molecule has 3 heteroatoms. The molecule has 0 saturated carbocycles. The van der Waals surface area contributed by atoms with E-state index < -0.39 is 0 Å². The molecular weight excluding hydrogens is 178 g/mol. The first kappa shape index (κ1) is 11.5. The average Bonchev–Trinajstić information content (AvgIpc) is 2.25. The third-order valence-electron chi connectivity index (χ3n) is 2.36. The number of nitrogens with one attached hydrogen (secondary N) is 1. The van der Waals surface area contributed by atoms with Crippen LogP contribution in [0.25, 0.3) is 0 Å². The van der Waals surface area contributed by atoms with Crippen molar-refractivity contribution in [3.05, 3.63) is 0 Å². The minimum absolute atomic E-state index is 0.164. The fraction of sp³-hybridized carbons (Fsp3) is 0.818. The van der Waals surface area contributed by atoms with Crippen LogP contribution in [0.1, 0.15) is 19.8 Å². The molecule has 1 rings (SSSR count). The van der Waals surface area contributed by atoms with Crippen LogP contribution in [-0.2, 0) is 9.47 Å². The van der Waals surface area contributed by atoms with Crippen molar-refractivity contribution < 1.29 is 9.47 Å². The largest absolute Gasteiger partial charge is 0.376 e. The monoisotopic (exact) mass is 197 g/mol. The molecule has 3 nitrogen and oxygen atoms in total. The molecule has 0 aliphatic carbocycles. The lowest BCUT2D eigenvalue weighted by Gasteiger charge is -2.30. The van der Waals surface area contributed by atoms with Crippen molar-refractivity contribution in [2.75, 3.05) is 26.4 Å². The van der Waals surface area contributed by atoms with Gasteiger partial charge in [0.05, 0.1) is 25.9 Å². The molecule has 0 aromatic carbocycles. The zero-order valence-electron chi connectivity index (χ0n) is 8.79. The minimum Gasteiger partial charge on any atom is -0.376 e. The normalized spacial score (nSPS) is 24.1. The van der Waals surface area contributed by atoms with E-state index >= 15 is 0 Å². The summed E-state index contributed by atoms with van der Waals surface area (Å²) in [4.78, 5) is 0. The van der Waals surface area contributed by atoms with Crippen molar-refractivity contribution in [3.63, 3.8) is 0 Å². The van der Waals surface area contributed by atoms with E-state index in [2.05, 4.69) is 18.2 Å². The molecule has 0 bridgehead atoms. The van der Waals surface area contributed by atoms with Crippen LogP contribution in [0.15, 0.2) is 0 Å². The van der Waals surface area contributed by atoms with Crippen molar-refractivity contribution >= 4 is 0 Å². The lowest BCUT2D eigenvalue weighted by atomic mass is 10.1. The molecule has 1 fully saturated rings. The van der Waals surface area contributed by atoms with Crippen molar-refractivity contribution in [2.45, 2.75) is 31.9 Å². The molecule has 1 heterocycles. The molecule has 0 amide bonds. The standard InChI is InChI=1S/C11H19NO2/c1-3-5-6-10(12-4-2)11-9-13-7-8-14-11/h1,10-12H,4-9H2,2H3. The lowest BCUT2D eigenvalue weighted by Crippen LogP contribution is -2.46. The summed E-state index contributed by atoms with van der Waals surface area (Å²) in [5.74, 6) is 2.66. The van der Waals surface area contributed by atoms with Crippen LogP contribution in [0.3, 0.4) is 0 Å². The molecular formula is C11H19NO2. The molecule has 0 aromatic heterocycles. The predicted octanol–water partition coefficient (Wildman–Crippen LogP) is 0.793. The van der Waals surface area contributed by atoms with E-state index in [0.717, 1.165) is 19.4 Å². The molecule has 1 aliphatic rings. The Morgan fingerprint density at radius 3 is 3.00 bits per heavy atom. The minimum atomic E-state index is 0.164. The van der Waals surface area contributed by atoms with Gasteiger partial charge in [0.15, 0.2) is 0 Å². The van der Waals surface area contributed by atoms with Crippen molar-refractivity contribution in [1.82, 2.24) is 5.32 Å². The van der Waals surface area contributed by atoms with Crippen LogP contribution in [-0.4, -0.2) is 38.5 Å². The second-order valence-corrected chi connectivity index (χ2v) is 3.39. The van der Waals surface area contributed by atoms with Crippen LogP contribution in [0.5, 0.6) is 0 Å². The van der Waals surface area contributed by atoms with Gasteiger partial charge in [-0.2, -0.15) is 0 Å². The molecule has 2 atom stereocenters. The van der Waals surface area contributed by atoms with Crippen LogP contribution in [0.2, 0.25) is 0 Å². The Morgan fingerprint density at radius 2 is 2.43 bits per heavy atom. The topological polar surface area (TPSA) is 30.5 Å². The summed E-state index contributed by atoms with van der Waals surface area (Å²) in [5.41, 5.74) is 0. The van der Waals surface area contributed by atoms with Gasteiger partial charge in [-0.3, -0.25) is 0 Å². The van der Waals surface area contributed by atoms with Gasteiger partial charge in [0.25, 0.3) is 0 Å². The van der Waals surface area contributed by atoms with E-state index in [1.807, 2.05) is 0 Å². The van der Waals surface area contributed by atoms with E-state index in [0.29, 0.717) is 25.9 Å². The Hall–Kier alpha value is -0.560. The Kier molecular flexibility index (Phi) is 5.62. The second kappa shape index (κ2) is 6.83. The van der Waals surface area contributed by atoms with E-state index in [-0.39, 0.29) is 6.10 Å². The van der Waals surface area contributed by atoms with Gasteiger partial charge >= 0.3 is 0 Å². The van der Waals surface area contributed by atoms with Crippen LogP contribution in [0, 0.1) is 12.3 Å². The Balaban J connectivity index is 2.35. The molecule has 0 radical (unpaired) electrons. The van der Waals surface area contributed by atoms with Gasteiger partial charge in [-0.1, -0.05) is 6.92 Å². The number of terminal acetylenes is 1. The molecule has 1 saturated heterocycles. The highest BCUT2D eigenvalue weighted by Gasteiger charge is 2.23. The zero-order valence-corrected chi connectivity index (χ0v) is 8.79. The van der Waals surface area contributed by atoms with Gasteiger partial charge in [-0.15, -0.1) is 12.3 Å². The summed E-state index contributed by atoms with van der Waals surface area (Å²) in [7, 11) is 0. The fourth-order valence-electron chi connectivity index (χ4n) is 1.66. The quantitative estimate of drug-likeness (QED) is 0.661. The Bertz CT molecular complexity index is 182. The van der Waals surface area contributed by atoms with E-state index in [1.54, 1.807) is 0 Å². The fourth-order valence-corrected chi connectivity index (χ4v) is 1.66. The van der Waals surface area contributed by atoms with Gasteiger partial charge in [0.1, 0.15) is 0 Å². The molecule has 14 heavy (non-hydrogen) atoms. The van der Waals surface area contributed by atoms with E-state index in [4.69, 9.17) is 15.9 Å². The van der Waals surface area contributed by atoms with E-state index in [9.17, 15) is 0 Å². The van der Waals surface area contributed by atoms with Crippen LogP contribution in [0.4, 0.5) is 0 Å². The van der Waals surface area contributed by atoms with Crippen LogP contribution >= 0.6 is 0 Å². The predicted molar refractivity (Wildman–Crippen MR) is 56.1 cm³/mol. The first-order valence-corrected chi connectivity index (χ1v) is 5.24. The summed E-state index contributed by atoms with van der Waals surface area (Å²) in [6.07, 6.45) is 7.16. The number of ether oxygens (including phenoxy) is 2. The smallest absolute Gasteiger partial charge is 0.0962 e. The van der Waals surface area contributed by atoms with Crippen molar-refractivity contribution in [1.29, 1.82) is 0 Å². The third-order valence-corrected chi connectivity index (χ3v) is 2.36. The number of rotatable bonds is 5. The molecule has 2 unspecified atom stereocenters. The summed E-state index contributed by atoms with van der Waals surface area (Å²) in [6, 6.07) is 0.330. The van der Waals surface area contributed by atoms with Gasteiger partial charge in [0.2, 0.25) is 0 Å². The van der Waals surface area contributed by atoms with Crippen molar-refractivity contribution in [2.24, 2.45) is 0 Å². The first-order valence-electron chi connectivity index (χ1n) is 5.24. The van der Waals surface area contributed by atoms with Crippen LogP contribution < -0.4 is 5.32 Å². The number of hydrogen-bond acceptors (Lipinski definition) is 3. The maximum Gasteiger partial charge on any atom is 0.0962 e. The average molecular weight is 197 g/mol. The van der Waals surface area contributed by atoms with E-state index in [1.165, 1.54) is 0 Å². The maximum atomic E-state index is 5.63. The SMILES string of the molecule is C#CCCC(NCC)C1COCCO1. The molecule has 1 aliphatic heterocycles.